The third-order valence-corrected chi connectivity index (χ3v) is 3.47. The molecule has 16 heavy (non-hydrogen) atoms. The van der Waals surface area contributed by atoms with Crippen molar-refractivity contribution < 1.29 is 5.11 Å². The van der Waals surface area contributed by atoms with E-state index in [0.717, 1.165) is 36.6 Å². The summed E-state index contributed by atoms with van der Waals surface area (Å²) < 4.78 is 0. The molecule has 3 heteroatoms. The normalized spacial score (nSPS) is 17.9. The predicted molar refractivity (Wildman–Crippen MR) is 68.4 cm³/mol. The van der Waals surface area contributed by atoms with Crippen molar-refractivity contribution in [2.45, 2.75) is 32.8 Å². The Morgan fingerprint density at radius 3 is 2.44 bits per heavy atom. The van der Waals surface area contributed by atoms with Crippen LogP contribution in [0.5, 0.6) is 0 Å². The van der Waals surface area contributed by atoms with Gasteiger partial charge in [-0.3, -0.25) is 0 Å². The number of piperidine rings is 1. The number of nitrogens with zero attached hydrogens (tertiary/aromatic N) is 1. The quantitative estimate of drug-likeness (QED) is 0.815. The SMILES string of the molecule is Cc1cc(C)c(N2CCC(O)CC2)c(Cl)c1. The smallest absolute Gasteiger partial charge is 0.0644 e. The highest BCUT2D eigenvalue weighted by molar-refractivity contribution is 6.33. The third-order valence-electron chi connectivity index (χ3n) is 3.18. The number of halogens is 1. The highest BCUT2D eigenvalue weighted by atomic mass is 35.5. The van der Waals surface area contributed by atoms with Gasteiger partial charge in [-0.25, -0.2) is 0 Å². The number of aryl methyl sites for hydroxylation is 2. The molecule has 1 saturated heterocycles. The molecule has 1 aliphatic heterocycles. The Labute approximate surface area is 102 Å². The number of anilines is 1. The zero-order valence-corrected chi connectivity index (χ0v) is 10.6. The number of rotatable bonds is 1. The van der Waals surface area contributed by atoms with Gasteiger partial charge in [-0.1, -0.05) is 17.7 Å². The summed E-state index contributed by atoms with van der Waals surface area (Å²) in [5, 5.41) is 10.3. The fourth-order valence-electron chi connectivity index (χ4n) is 2.40. The fourth-order valence-corrected chi connectivity index (χ4v) is 2.84. The summed E-state index contributed by atoms with van der Waals surface area (Å²) in [5.41, 5.74) is 3.56. The minimum absolute atomic E-state index is 0.138. The first-order valence-electron chi connectivity index (χ1n) is 5.77. The van der Waals surface area contributed by atoms with Gasteiger partial charge in [-0.15, -0.1) is 0 Å². The first-order chi connectivity index (χ1) is 7.58. The zero-order valence-electron chi connectivity index (χ0n) is 9.83. The van der Waals surface area contributed by atoms with Gasteiger partial charge in [0.1, 0.15) is 0 Å². The van der Waals surface area contributed by atoms with E-state index < -0.39 is 0 Å². The predicted octanol–water partition coefficient (Wildman–Crippen LogP) is 2.92. The van der Waals surface area contributed by atoms with Crippen LogP contribution in [0, 0.1) is 13.8 Å². The lowest BCUT2D eigenvalue weighted by molar-refractivity contribution is 0.145. The Hall–Kier alpha value is -0.730. The van der Waals surface area contributed by atoms with E-state index in [1.54, 1.807) is 0 Å². The standard InChI is InChI=1S/C13H18ClNO/c1-9-7-10(2)13(12(14)8-9)15-5-3-11(16)4-6-15/h7-8,11,16H,3-6H2,1-2H3. The molecular formula is C13H18ClNO. The zero-order chi connectivity index (χ0) is 11.7. The van der Waals surface area contributed by atoms with Crippen LogP contribution in [0.3, 0.4) is 0 Å². The van der Waals surface area contributed by atoms with E-state index >= 15 is 0 Å². The molecule has 0 spiro atoms. The van der Waals surface area contributed by atoms with Gasteiger partial charge in [0.05, 0.1) is 16.8 Å². The average molecular weight is 240 g/mol. The van der Waals surface area contributed by atoms with E-state index in [0.29, 0.717) is 0 Å². The summed E-state index contributed by atoms with van der Waals surface area (Å²) in [4.78, 5) is 2.28. The van der Waals surface area contributed by atoms with Crippen LogP contribution in [0.25, 0.3) is 0 Å². The minimum atomic E-state index is -0.138. The van der Waals surface area contributed by atoms with Crippen molar-refractivity contribution in [2.24, 2.45) is 0 Å². The number of hydrogen-bond donors (Lipinski definition) is 1. The lowest BCUT2D eigenvalue weighted by Crippen LogP contribution is -2.36. The number of hydrogen-bond acceptors (Lipinski definition) is 2. The number of aliphatic hydroxyl groups is 1. The van der Waals surface area contributed by atoms with Crippen LogP contribution in [-0.2, 0) is 0 Å². The molecule has 0 radical (unpaired) electrons. The van der Waals surface area contributed by atoms with Gasteiger partial charge >= 0.3 is 0 Å². The topological polar surface area (TPSA) is 23.5 Å². The molecule has 1 heterocycles. The molecular weight excluding hydrogens is 222 g/mol. The minimum Gasteiger partial charge on any atom is -0.393 e. The molecule has 1 aromatic carbocycles. The summed E-state index contributed by atoms with van der Waals surface area (Å²) in [6.07, 6.45) is 1.54. The molecule has 0 aromatic heterocycles. The van der Waals surface area contributed by atoms with Gasteiger partial charge in [0.15, 0.2) is 0 Å². The molecule has 0 amide bonds. The van der Waals surface area contributed by atoms with E-state index in [2.05, 4.69) is 24.8 Å². The van der Waals surface area contributed by atoms with E-state index in [1.807, 2.05) is 6.07 Å². The Bertz CT molecular complexity index is 361. The second kappa shape index (κ2) is 4.64. The average Bonchev–Trinajstić information content (AvgIpc) is 2.19. The molecule has 0 saturated carbocycles. The van der Waals surface area contributed by atoms with Crippen molar-refractivity contribution in [1.29, 1.82) is 0 Å². The van der Waals surface area contributed by atoms with Crippen LogP contribution in [0.1, 0.15) is 24.0 Å². The summed E-state index contributed by atoms with van der Waals surface area (Å²) in [6, 6.07) is 4.17. The van der Waals surface area contributed by atoms with Gasteiger partial charge in [0.2, 0.25) is 0 Å². The third kappa shape index (κ3) is 2.33. The molecule has 1 aliphatic rings. The maximum absolute atomic E-state index is 9.50. The molecule has 88 valence electrons. The highest BCUT2D eigenvalue weighted by Crippen LogP contribution is 2.32. The van der Waals surface area contributed by atoms with Gasteiger partial charge in [0, 0.05) is 13.1 Å². The Morgan fingerprint density at radius 1 is 1.25 bits per heavy atom. The van der Waals surface area contributed by atoms with Gasteiger partial charge in [-0.2, -0.15) is 0 Å². The molecule has 0 aliphatic carbocycles. The molecule has 2 nitrogen and oxygen atoms in total. The highest BCUT2D eigenvalue weighted by Gasteiger charge is 2.20. The molecule has 1 aromatic rings. The van der Waals surface area contributed by atoms with Crippen LogP contribution in [0.15, 0.2) is 12.1 Å². The van der Waals surface area contributed by atoms with Crippen LogP contribution in [-0.4, -0.2) is 24.3 Å². The maximum Gasteiger partial charge on any atom is 0.0644 e. The van der Waals surface area contributed by atoms with Crippen LogP contribution in [0.4, 0.5) is 5.69 Å². The van der Waals surface area contributed by atoms with E-state index in [-0.39, 0.29) is 6.10 Å². The Kier molecular flexibility index (Phi) is 3.41. The van der Waals surface area contributed by atoms with Crippen LogP contribution < -0.4 is 4.90 Å². The monoisotopic (exact) mass is 239 g/mol. The van der Waals surface area contributed by atoms with Gasteiger partial charge in [-0.05, 0) is 43.9 Å². The lowest BCUT2D eigenvalue weighted by atomic mass is 10.0. The number of aliphatic hydroxyl groups excluding tert-OH is 1. The lowest BCUT2D eigenvalue weighted by Gasteiger charge is -2.33. The van der Waals surface area contributed by atoms with E-state index in [1.165, 1.54) is 11.1 Å². The first-order valence-corrected chi connectivity index (χ1v) is 6.15. The van der Waals surface area contributed by atoms with E-state index in [4.69, 9.17) is 11.6 Å². The molecule has 0 atom stereocenters. The van der Waals surface area contributed by atoms with Crippen molar-refractivity contribution >= 4 is 17.3 Å². The summed E-state index contributed by atoms with van der Waals surface area (Å²) >= 11 is 6.30. The maximum atomic E-state index is 9.50. The number of benzene rings is 1. The largest absolute Gasteiger partial charge is 0.393 e. The van der Waals surface area contributed by atoms with Crippen molar-refractivity contribution in [2.75, 3.05) is 18.0 Å². The summed E-state index contributed by atoms with van der Waals surface area (Å²) in [7, 11) is 0. The fraction of sp³-hybridized carbons (Fsp3) is 0.538. The summed E-state index contributed by atoms with van der Waals surface area (Å²) in [5.74, 6) is 0. The van der Waals surface area contributed by atoms with Crippen LogP contribution in [0.2, 0.25) is 5.02 Å². The van der Waals surface area contributed by atoms with E-state index in [9.17, 15) is 5.11 Å². The van der Waals surface area contributed by atoms with Crippen molar-refractivity contribution in [3.8, 4) is 0 Å². The van der Waals surface area contributed by atoms with Crippen molar-refractivity contribution in [3.63, 3.8) is 0 Å². The van der Waals surface area contributed by atoms with Crippen LogP contribution >= 0.6 is 11.6 Å². The molecule has 1 fully saturated rings. The van der Waals surface area contributed by atoms with Crippen molar-refractivity contribution in [3.05, 3.63) is 28.3 Å². The van der Waals surface area contributed by atoms with Gasteiger partial charge < -0.3 is 10.0 Å². The van der Waals surface area contributed by atoms with Crippen molar-refractivity contribution in [1.82, 2.24) is 0 Å². The first kappa shape index (κ1) is 11.7. The second-order valence-electron chi connectivity index (χ2n) is 4.63. The Balaban J connectivity index is 2.26. The molecule has 0 unspecified atom stereocenters. The van der Waals surface area contributed by atoms with Gasteiger partial charge in [0.25, 0.3) is 0 Å². The molecule has 2 rings (SSSR count). The molecule has 0 bridgehead atoms. The Morgan fingerprint density at radius 2 is 1.88 bits per heavy atom. The molecule has 1 N–H and O–H groups in total. The summed E-state index contributed by atoms with van der Waals surface area (Å²) in [6.45, 7) is 5.94. The second-order valence-corrected chi connectivity index (χ2v) is 5.04.